The molecule has 0 bridgehead atoms. The first-order valence-electron chi connectivity index (χ1n) is 7.21. The third-order valence-electron chi connectivity index (χ3n) is 3.65. The van der Waals surface area contributed by atoms with Crippen LogP contribution in [0.3, 0.4) is 0 Å². The zero-order valence-electron chi connectivity index (χ0n) is 12.2. The van der Waals surface area contributed by atoms with Crippen LogP contribution in [0.15, 0.2) is 36.7 Å². The quantitative estimate of drug-likeness (QED) is 0.930. The van der Waals surface area contributed by atoms with E-state index in [1.165, 1.54) is 5.56 Å². The van der Waals surface area contributed by atoms with E-state index < -0.39 is 0 Å². The van der Waals surface area contributed by atoms with Crippen molar-refractivity contribution in [3.63, 3.8) is 0 Å². The number of likely N-dealkylation sites (tertiary alicyclic amines) is 1. The summed E-state index contributed by atoms with van der Waals surface area (Å²) < 4.78 is 5.93. The molecule has 5 heteroatoms. The Morgan fingerprint density at radius 3 is 2.86 bits per heavy atom. The topological polar surface area (TPSA) is 64.3 Å². The number of rotatable bonds is 4. The molecular formula is C16H20N4O. The van der Waals surface area contributed by atoms with Gasteiger partial charge >= 0.3 is 0 Å². The first kappa shape index (κ1) is 13.8. The first-order valence-corrected chi connectivity index (χ1v) is 7.21. The SMILES string of the molecule is Cc1ccc(OC2CCN(Cc3ccc(N)nc3)C2)nc1. The largest absolute Gasteiger partial charge is 0.473 e. The summed E-state index contributed by atoms with van der Waals surface area (Å²) in [5.41, 5.74) is 7.93. The van der Waals surface area contributed by atoms with Crippen LogP contribution in [0, 0.1) is 6.92 Å². The van der Waals surface area contributed by atoms with E-state index in [0.29, 0.717) is 11.7 Å². The molecular weight excluding hydrogens is 264 g/mol. The van der Waals surface area contributed by atoms with E-state index in [9.17, 15) is 0 Å². The fourth-order valence-corrected chi connectivity index (χ4v) is 2.52. The van der Waals surface area contributed by atoms with Gasteiger partial charge in [0.15, 0.2) is 0 Å². The minimum absolute atomic E-state index is 0.210. The normalized spacial score (nSPS) is 18.8. The van der Waals surface area contributed by atoms with Crippen molar-refractivity contribution in [2.75, 3.05) is 18.8 Å². The van der Waals surface area contributed by atoms with E-state index in [0.717, 1.165) is 31.6 Å². The molecule has 0 spiro atoms. The number of nitrogens with two attached hydrogens (primary N) is 1. The van der Waals surface area contributed by atoms with Crippen LogP contribution in [0.2, 0.25) is 0 Å². The van der Waals surface area contributed by atoms with E-state index in [-0.39, 0.29) is 6.10 Å². The lowest BCUT2D eigenvalue weighted by Gasteiger charge is -2.16. The number of hydrogen-bond donors (Lipinski definition) is 1. The number of nitrogen functional groups attached to an aromatic ring is 1. The Hall–Kier alpha value is -2.14. The van der Waals surface area contributed by atoms with Crippen molar-refractivity contribution in [3.05, 3.63) is 47.8 Å². The van der Waals surface area contributed by atoms with Crippen LogP contribution in [0.25, 0.3) is 0 Å². The van der Waals surface area contributed by atoms with Gasteiger partial charge in [-0.3, -0.25) is 4.90 Å². The van der Waals surface area contributed by atoms with Gasteiger partial charge in [-0.15, -0.1) is 0 Å². The molecule has 0 amide bonds. The van der Waals surface area contributed by atoms with Gasteiger partial charge in [0.2, 0.25) is 5.88 Å². The molecule has 110 valence electrons. The Labute approximate surface area is 124 Å². The monoisotopic (exact) mass is 284 g/mol. The molecule has 0 saturated carbocycles. The van der Waals surface area contributed by atoms with Crippen LogP contribution >= 0.6 is 0 Å². The maximum Gasteiger partial charge on any atom is 0.213 e. The second-order valence-electron chi connectivity index (χ2n) is 5.53. The molecule has 1 saturated heterocycles. The Balaban J connectivity index is 1.53. The van der Waals surface area contributed by atoms with Crippen molar-refractivity contribution >= 4 is 5.82 Å². The van der Waals surface area contributed by atoms with Crippen LogP contribution in [-0.2, 0) is 6.54 Å². The Morgan fingerprint density at radius 1 is 1.24 bits per heavy atom. The third-order valence-corrected chi connectivity index (χ3v) is 3.65. The number of aromatic nitrogens is 2. The van der Waals surface area contributed by atoms with E-state index in [1.807, 2.05) is 43.6 Å². The van der Waals surface area contributed by atoms with Gasteiger partial charge in [-0.1, -0.05) is 12.1 Å². The van der Waals surface area contributed by atoms with E-state index in [2.05, 4.69) is 14.9 Å². The lowest BCUT2D eigenvalue weighted by atomic mass is 10.2. The first-order chi connectivity index (χ1) is 10.2. The molecule has 2 aromatic heterocycles. The van der Waals surface area contributed by atoms with Gasteiger partial charge in [0, 0.05) is 38.1 Å². The average Bonchev–Trinajstić information content (AvgIpc) is 2.91. The molecule has 2 N–H and O–H groups in total. The Bertz CT molecular complexity index is 529. The van der Waals surface area contributed by atoms with Crippen molar-refractivity contribution in [1.82, 2.24) is 14.9 Å². The Morgan fingerprint density at radius 2 is 2.14 bits per heavy atom. The fourth-order valence-electron chi connectivity index (χ4n) is 2.52. The predicted molar refractivity (Wildman–Crippen MR) is 81.9 cm³/mol. The maximum atomic E-state index is 5.93. The summed E-state index contributed by atoms with van der Waals surface area (Å²) in [5, 5.41) is 0. The third kappa shape index (κ3) is 3.70. The predicted octanol–water partition coefficient (Wildman–Crippen LogP) is 2.02. The van der Waals surface area contributed by atoms with Gasteiger partial charge in [0.1, 0.15) is 11.9 Å². The number of nitrogens with zero attached hydrogens (tertiary/aromatic N) is 3. The van der Waals surface area contributed by atoms with Crippen LogP contribution in [0.4, 0.5) is 5.82 Å². The smallest absolute Gasteiger partial charge is 0.213 e. The lowest BCUT2D eigenvalue weighted by Crippen LogP contribution is -2.24. The fraction of sp³-hybridized carbons (Fsp3) is 0.375. The standard InChI is InChI=1S/C16H20N4O/c1-12-2-5-16(19-8-12)21-14-6-7-20(11-14)10-13-3-4-15(17)18-9-13/h2-5,8-9,14H,6-7,10-11H2,1H3,(H2,17,18). The average molecular weight is 284 g/mol. The summed E-state index contributed by atoms with van der Waals surface area (Å²) in [7, 11) is 0. The van der Waals surface area contributed by atoms with Crippen LogP contribution in [-0.4, -0.2) is 34.1 Å². The highest BCUT2D eigenvalue weighted by molar-refractivity contribution is 5.29. The van der Waals surface area contributed by atoms with Crippen LogP contribution < -0.4 is 10.5 Å². The van der Waals surface area contributed by atoms with Crippen LogP contribution in [0.1, 0.15) is 17.5 Å². The Kier molecular flexibility index (Phi) is 4.01. The molecule has 21 heavy (non-hydrogen) atoms. The molecule has 3 heterocycles. The summed E-state index contributed by atoms with van der Waals surface area (Å²) in [5.74, 6) is 1.27. The second kappa shape index (κ2) is 6.10. The van der Waals surface area contributed by atoms with Gasteiger partial charge < -0.3 is 10.5 Å². The summed E-state index contributed by atoms with van der Waals surface area (Å²) in [4.78, 5) is 10.8. The molecule has 1 unspecified atom stereocenters. The second-order valence-corrected chi connectivity index (χ2v) is 5.53. The number of aryl methyl sites for hydroxylation is 1. The summed E-state index contributed by atoms with van der Waals surface area (Å²) in [6.07, 6.45) is 4.91. The number of ether oxygens (including phenoxy) is 1. The molecule has 0 aliphatic carbocycles. The minimum Gasteiger partial charge on any atom is -0.473 e. The maximum absolute atomic E-state index is 5.93. The van der Waals surface area contributed by atoms with Crippen molar-refractivity contribution in [2.45, 2.75) is 26.0 Å². The zero-order valence-corrected chi connectivity index (χ0v) is 12.2. The van der Waals surface area contributed by atoms with Crippen molar-refractivity contribution in [1.29, 1.82) is 0 Å². The van der Waals surface area contributed by atoms with Gasteiger partial charge in [-0.25, -0.2) is 9.97 Å². The van der Waals surface area contributed by atoms with Gasteiger partial charge in [0.05, 0.1) is 0 Å². The molecule has 1 aliphatic heterocycles. The summed E-state index contributed by atoms with van der Waals surface area (Å²) in [6, 6.07) is 7.82. The van der Waals surface area contributed by atoms with E-state index in [4.69, 9.17) is 10.5 Å². The zero-order chi connectivity index (χ0) is 14.7. The molecule has 1 fully saturated rings. The number of hydrogen-bond acceptors (Lipinski definition) is 5. The van der Waals surface area contributed by atoms with Crippen molar-refractivity contribution in [3.8, 4) is 5.88 Å². The van der Waals surface area contributed by atoms with Gasteiger partial charge in [-0.05, 0) is 30.5 Å². The highest BCUT2D eigenvalue weighted by Gasteiger charge is 2.24. The van der Waals surface area contributed by atoms with Gasteiger partial charge in [0.25, 0.3) is 0 Å². The van der Waals surface area contributed by atoms with E-state index in [1.54, 1.807) is 0 Å². The van der Waals surface area contributed by atoms with E-state index >= 15 is 0 Å². The molecule has 0 radical (unpaired) electrons. The molecule has 1 aliphatic rings. The number of pyridine rings is 2. The molecule has 1 atom stereocenters. The summed E-state index contributed by atoms with van der Waals surface area (Å²) >= 11 is 0. The molecule has 5 nitrogen and oxygen atoms in total. The molecule has 2 aromatic rings. The number of anilines is 1. The highest BCUT2D eigenvalue weighted by atomic mass is 16.5. The van der Waals surface area contributed by atoms with Crippen molar-refractivity contribution < 1.29 is 4.74 Å². The molecule has 3 rings (SSSR count). The molecule has 0 aromatic carbocycles. The highest BCUT2D eigenvalue weighted by Crippen LogP contribution is 2.18. The summed E-state index contributed by atoms with van der Waals surface area (Å²) in [6.45, 7) is 4.85. The van der Waals surface area contributed by atoms with Gasteiger partial charge in [-0.2, -0.15) is 0 Å². The van der Waals surface area contributed by atoms with Crippen LogP contribution in [0.5, 0.6) is 5.88 Å². The lowest BCUT2D eigenvalue weighted by molar-refractivity contribution is 0.191. The minimum atomic E-state index is 0.210. The van der Waals surface area contributed by atoms with Crippen molar-refractivity contribution in [2.24, 2.45) is 0 Å².